The number of halogens is 1. The van der Waals surface area contributed by atoms with Crippen LogP contribution >= 0.6 is 0 Å². The smallest absolute Gasteiger partial charge is 0.231 e. The van der Waals surface area contributed by atoms with Crippen LogP contribution in [0.1, 0.15) is 11.1 Å². The molecule has 26 heavy (non-hydrogen) atoms. The molecular weight excluding hydrogens is 335 g/mol. The van der Waals surface area contributed by atoms with Gasteiger partial charge in [0.05, 0.1) is 7.11 Å². The van der Waals surface area contributed by atoms with Gasteiger partial charge in [-0.1, -0.05) is 12.1 Å². The summed E-state index contributed by atoms with van der Waals surface area (Å²) < 4.78 is 29.7. The fraction of sp³-hybridized carbons (Fsp3) is 0.400. The number of methoxy groups -OCH3 is 1. The minimum absolute atomic E-state index is 0.169. The van der Waals surface area contributed by atoms with E-state index in [1.54, 1.807) is 19.2 Å². The molecule has 2 aromatic rings. The predicted molar refractivity (Wildman–Crippen MR) is 96.1 cm³/mol. The fourth-order valence-electron chi connectivity index (χ4n) is 3.53. The molecule has 4 rings (SSSR count). The third-order valence-corrected chi connectivity index (χ3v) is 4.88. The van der Waals surface area contributed by atoms with Crippen LogP contribution in [0.4, 0.5) is 4.39 Å². The maximum Gasteiger partial charge on any atom is 0.231 e. The summed E-state index contributed by atoms with van der Waals surface area (Å²) in [6.45, 7) is 5.78. The van der Waals surface area contributed by atoms with Gasteiger partial charge in [0.25, 0.3) is 0 Å². The quantitative estimate of drug-likeness (QED) is 0.821. The lowest BCUT2D eigenvalue weighted by atomic mass is 10.1. The molecule has 1 fully saturated rings. The molecule has 2 aromatic carbocycles. The van der Waals surface area contributed by atoms with Crippen LogP contribution in [0, 0.1) is 5.82 Å². The highest BCUT2D eigenvalue weighted by Crippen LogP contribution is 2.42. The lowest BCUT2D eigenvalue weighted by molar-refractivity contribution is 0.122. The van der Waals surface area contributed by atoms with Gasteiger partial charge in [-0.05, 0) is 35.4 Å². The van der Waals surface area contributed by atoms with Crippen molar-refractivity contribution in [1.82, 2.24) is 9.80 Å². The molecule has 0 atom stereocenters. The molecule has 0 amide bonds. The van der Waals surface area contributed by atoms with E-state index in [4.69, 9.17) is 14.2 Å². The molecule has 0 spiro atoms. The van der Waals surface area contributed by atoms with Gasteiger partial charge in [0.15, 0.2) is 11.5 Å². The van der Waals surface area contributed by atoms with E-state index in [1.807, 2.05) is 18.2 Å². The molecule has 5 nitrogen and oxygen atoms in total. The van der Waals surface area contributed by atoms with E-state index in [1.165, 1.54) is 6.07 Å². The van der Waals surface area contributed by atoms with Crippen molar-refractivity contribution in [2.45, 2.75) is 13.1 Å². The second kappa shape index (κ2) is 7.51. The van der Waals surface area contributed by atoms with Crippen molar-refractivity contribution in [3.05, 3.63) is 53.3 Å². The van der Waals surface area contributed by atoms with Crippen LogP contribution in [0.25, 0.3) is 0 Å². The molecule has 0 bridgehead atoms. The summed E-state index contributed by atoms with van der Waals surface area (Å²) in [5.41, 5.74) is 2.18. The lowest BCUT2D eigenvalue weighted by Gasteiger charge is -2.34. The van der Waals surface area contributed by atoms with Crippen molar-refractivity contribution in [2.24, 2.45) is 0 Å². The van der Waals surface area contributed by atoms with E-state index >= 15 is 0 Å². The van der Waals surface area contributed by atoms with Gasteiger partial charge in [0, 0.05) is 39.3 Å². The summed E-state index contributed by atoms with van der Waals surface area (Å²) in [5, 5.41) is 0. The molecule has 0 N–H and O–H groups in total. The summed E-state index contributed by atoms with van der Waals surface area (Å²) in [4.78, 5) is 4.78. The first-order chi connectivity index (χ1) is 12.7. The highest BCUT2D eigenvalue weighted by Gasteiger charge is 2.22. The first kappa shape index (κ1) is 17.1. The van der Waals surface area contributed by atoms with Gasteiger partial charge in [-0.2, -0.15) is 0 Å². The summed E-state index contributed by atoms with van der Waals surface area (Å²) in [5.74, 6) is 2.00. The van der Waals surface area contributed by atoms with Gasteiger partial charge in [-0.15, -0.1) is 0 Å². The number of rotatable bonds is 5. The van der Waals surface area contributed by atoms with Crippen LogP contribution in [-0.4, -0.2) is 49.9 Å². The zero-order valence-corrected chi connectivity index (χ0v) is 14.9. The second-order valence-electron chi connectivity index (χ2n) is 6.71. The first-order valence-electron chi connectivity index (χ1n) is 8.87. The Labute approximate surface area is 152 Å². The number of ether oxygens (including phenoxy) is 3. The SMILES string of the molecule is COc1cc(CN2CCN(Cc3cccc(F)c3)CC2)cc2c1OCO2. The van der Waals surface area contributed by atoms with E-state index in [0.29, 0.717) is 5.75 Å². The molecule has 138 valence electrons. The van der Waals surface area contributed by atoms with E-state index in [0.717, 1.165) is 61.9 Å². The van der Waals surface area contributed by atoms with Crippen LogP contribution in [0.5, 0.6) is 17.2 Å². The second-order valence-corrected chi connectivity index (χ2v) is 6.71. The third kappa shape index (κ3) is 3.76. The minimum atomic E-state index is -0.169. The van der Waals surface area contributed by atoms with Crippen LogP contribution in [-0.2, 0) is 13.1 Å². The summed E-state index contributed by atoms with van der Waals surface area (Å²) >= 11 is 0. The van der Waals surface area contributed by atoms with Crippen LogP contribution < -0.4 is 14.2 Å². The van der Waals surface area contributed by atoms with Gasteiger partial charge in [-0.25, -0.2) is 4.39 Å². The van der Waals surface area contributed by atoms with Gasteiger partial charge < -0.3 is 14.2 Å². The Morgan fingerprint density at radius 3 is 2.38 bits per heavy atom. The Bertz CT molecular complexity index is 776. The van der Waals surface area contributed by atoms with Gasteiger partial charge in [0.2, 0.25) is 12.5 Å². The zero-order valence-electron chi connectivity index (χ0n) is 14.9. The van der Waals surface area contributed by atoms with Gasteiger partial charge in [0.1, 0.15) is 5.82 Å². The topological polar surface area (TPSA) is 34.2 Å². The van der Waals surface area contributed by atoms with E-state index < -0.39 is 0 Å². The molecule has 0 saturated carbocycles. The highest BCUT2D eigenvalue weighted by atomic mass is 19.1. The fourth-order valence-corrected chi connectivity index (χ4v) is 3.53. The average molecular weight is 358 g/mol. The number of fused-ring (bicyclic) bond motifs is 1. The number of hydrogen-bond donors (Lipinski definition) is 0. The van der Waals surface area contributed by atoms with Crippen molar-refractivity contribution in [1.29, 1.82) is 0 Å². The van der Waals surface area contributed by atoms with E-state index in [9.17, 15) is 4.39 Å². The monoisotopic (exact) mass is 358 g/mol. The molecule has 2 aliphatic rings. The summed E-state index contributed by atoms with van der Waals surface area (Å²) in [7, 11) is 1.65. The Morgan fingerprint density at radius 1 is 0.962 bits per heavy atom. The molecule has 6 heteroatoms. The maximum absolute atomic E-state index is 13.3. The molecule has 0 radical (unpaired) electrons. The Hall–Kier alpha value is -2.31. The van der Waals surface area contributed by atoms with E-state index in [-0.39, 0.29) is 12.6 Å². The third-order valence-electron chi connectivity index (χ3n) is 4.88. The Kier molecular flexibility index (Phi) is 4.95. The summed E-state index contributed by atoms with van der Waals surface area (Å²) in [6, 6.07) is 10.9. The lowest BCUT2D eigenvalue weighted by Crippen LogP contribution is -2.45. The van der Waals surface area contributed by atoms with Crippen LogP contribution in [0.2, 0.25) is 0 Å². The van der Waals surface area contributed by atoms with E-state index in [2.05, 4.69) is 9.80 Å². The van der Waals surface area contributed by atoms with Crippen LogP contribution in [0.15, 0.2) is 36.4 Å². The van der Waals surface area contributed by atoms with Crippen molar-refractivity contribution in [3.63, 3.8) is 0 Å². The Balaban J connectivity index is 1.34. The average Bonchev–Trinajstić information content (AvgIpc) is 3.11. The number of hydrogen-bond acceptors (Lipinski definition) is 5. The predicted octanol–water partition coefficient (Wildman–Crippen LogP) is 2.88. The number of piperazine rings is 1. The van der Waals surface area contributed by atoms with Gasteiger partial charge in [-0.3, -0.25) is 9.80 Å². The molecule has 2 aliphatic heterocycles. The standard InChI is InChI=1S/C20H23FN2O3/c1-24-18-10-16(11-19-20(18)26-14-25-19)13-23-7-5-22(6-8-23)12-15-3-2-4-17(21)9-15/h2-4,9-11H,5-8,12-14H2,1H3. The molecule has 0 aliphatic carbocycles. The van der Waals surface area contributed by atoms with Crippen molar-refractivity contribution < 1.29 is 18.6 Å². The number of nitrogens with zero attached hydrogens (tertiary/aromatic N) is 2. The zero-order chi connectivity index (χ0) is 17.9. The highest BCUT2D eigenvalue weighted by molar-refractivity contribution is 5.55. The van der Waals surface area contributed by atoms with Crippen molar-refractivity contribution in [2.75, 3.05) is 40.1 Å². The number of benzene rings is 2. The minimum Gasteiger partial charge on any atom is -0.493 e. The van der Waals surface area contributed by atoms with Crippen molar-refractivity contribution >= 4 is 0 Å². The normalized spacial score (nSPS) is 17.5. The first-order valence-corrected chi connectivity index (χ1v) is 8.87. The maximum atomic E-state index is 13.3. The molecule has 2 heterocycles. The van der Waals surface area contributed by atoms with Crippen LogP contribution in [0.3, 0.4) is 0 Å². The molecule has 1 saturated heterocycles. The van der Waals surface area contributed by atoms with Gasteiger partial charge >= 0.3 is 0 Å². The Morgan fingerprint density at radius 2 is 1.69 bits per heavy atom. The summed E-state index contributed by atoms with van der Waals surface area (Å²) in [6.07, 6.45) is 0. The molecule has 0 unspecified atom stereocenters. The molecular formula is C20H23FN2O3. The largest absolute Gasteiger partial charge is 0.493 e. The molecule has 0 aromatic heterocycles. The van der Waals surface area contributed by atoms with Crippen molar-refractivity contribution in [3.8, 4) is 17.2 Å².